The molecule has 0 aromatic heterocycles. The third-order valence-corrected chi connectivity index (χ3v) is 2.40. The van der Waals surface area contributed by atoms with Crippen molar-refractivity contribution < 1.29 is 14.5 Å². The molecule has 0 fully saturated rings. The SMILES string of the molecule is CCOc1c(C(C)=O)cc(CC)cc1[N+](=O)[O-]. The van der Waals surface area contributed by atoms with Gasteiger partial charge in [0.25, 0.3) is 0 Å². The van der Waals surface area contributed by atoms with Crippen LogP contribution < -0.4 is 4.74 Å². The van der Waals surface area contributed by atoms with Crippen molar-refractivity contribution in [2.75, 3.05) is 6.61 Å². The van der Waals surface area contributed by atoms with Crippen LogP contribution in [-0.2, 0) is 6.42 Å². The van der Waals surface area contributed by atoms with Crippen LogP contribution in [0.5, 0.6) is 5.75 Å². The van der Waals surface area contributed by atoms with Crippen molar-refractivity contribution in [1.82, 2.24) is 0 Å². The van der Waals surface area contributed by atoms with Crippen molar-refractivity contribution in [2.45, 2.75) is 27.2 Å². The highest BCUT2D eigenvalue weighted by molar-refractivity contribution is 5.98. The van der Waals surface area contributed by atoms with Crippen molar-refractivity contribution in [2.24, 2.45) is 0 Å². The Balaban J connectivity index is 3.49. The van der Waals surface area contributed by atoms with E-state index in [1.807, 2.05) is 6.92 Å². The number of ketones is 1. The number of benzene rings is 1. The Morgan fingerprint density at radius 2 is 2.06 bits per heavy atom. The molecule has 0 saturated heterocycles. The molecule has 0 aliphatic carbocycles. The average Bonchev–Trinajstić information content (AvgIpc) is 2.28. The minimum absolute atomic E-state index is 0.0715. The molecule has 0 aliphatic rings. The topological polar surface area (TPSA) is 69.4 Å². The third-order valence-electron chi connectivity index (χ3n) is 2.40. The van der Waals surface area contributed by atoms with E-state index in [4.69, 9.17) is 4.74 Å². The summed E-state index contributed by atoms with van der Waals surface area (Å²) >= 11 is 0. The zero-order valence-electron chi connectivity index (χ0n) is 10.1. The van der Waals surface area contributed by atoms with Gasteiger partial charge in [0.2, 0.25) is 5.75 Å². The fourth-order valence-corrected chi connectivity index (χ4v) is 1.57. The van der Waals surface area contributed by atoms with E-state index in [9.17, 15) is 14.9 Å². The van der Waals surface area contributed by atoms with Gasteiger partial charge in [0.15, 0.2) is 5.78 Å². The summed E-state index contributed by atoms with van der Waals surface area (Å²) in [5, 5.41) is 11.0. The van der Waals surface area contributed by atoms with Gasteiger partial charge in [-0.15, -0.1) is 0 Å². The number of carbonyl (C=O) groups excluding carboxylic acids is 1. The number of carbonyl (C=O) groups is 1. The van der Waals surface area contributed by atoms with Crippen LogP contribution in [0, 0.1) is 10.1 Å². The van der Waals surface area contributed by atoms with Gasteiger partial charge >= 0.3 is 5.69 Å². The second kappa shape index (κ2) is 5.43. The van der Waals surface area contributed by atoms with Gasteiger partial charge in [0.1, 0.15) is 0 Å². The number of nitro benzene ring substituents is 1. The van der Waals surface area contributed by atoms with Gasteiger partial charge in [-0.1, -0.05) is 6.92 Å². The normalized spacial score (nSPS) is 10.1. The van der Waals surface area contributed by atoms with Crippen molar-refractivity contribution >= 4 is 11.5 Å². The predicted molar refractivity (Wildman–Crippen MR) is 63.6 cm³/mol. The van der Waals surface area contributed by atoms with E-state index in [0.717, 1.165) is 5.56 Å². The summed E-state index contributed by atoms with van der Waals surface area (Å²) in [6.07, 6.45) is 0.632. The molecule has 0 bridgehead atoms. The van der Waals surface area contributed by atoms with Crippen LogP contribution >= 0.6 is 0 Å². The summed E-state index contributed by atoms with van der Waals surface area (Å²) < 4.78 is 5.23. The fraction of sp³-hybridized carbons (Fsp3) is 0.417. The lowest BCUT2D eigenvalue weighted by atomic mass is 10.0. The van der Waals surface area contributed by atoms with E-state index >= 15 is 0 Å². The van der Waals surface area contributed by atoms with Gasteiger partial charge in [-0.2, -0.15) is 0 Å². The summed E-state index contributed by atoms with van der Waals surface area (Å²) in [4.78, 5) is 21.9. The maximum Gasteiger partial charge on any atom is 0.311 e. The van der Waals surface area contributed by atoms with Crippen LogP contribution in [0.15, 0.2) is 12.1 Å². The van der Waals surface area contributed by atoms with Gasteiger partial charge in [-0.25, -0.2) is 0 Å². The van der Waals surface area contributed by atoms with Crippen LogP contribution in [0.4, 0.5) is 5.69 Å². The lowest BCUT2D eigenvalue weighted by molar-refractivity contribution is -0.385. The molecule has 0 N–H and O–H groups in total. The average molecular weight is 237 g/mol. The van der Waals surface area contributed by atoms with E-state index in [1.165, 1.54) is 13.0 Å². The molecule has 0 aliphatic heterocycles. The summed E-state index contributed by atoms with van der Waals surface area (Å²) in [5.74, 6) is -0.158. The highest BCUT2D eigenvalue weighted by atomic mass is 16.6. The Bertz CT molecular complexity index is 419. The standard InChI is InChI=1S/C12H15NO4/c1-4-9-6-10(8(3)14)12(17-5-2)11(7-9)13(15)16/h6-7H,4-5H2,1-3H3. The predicted octanol–water partition coefficient (Wildman–Crippen LogP) is 2.76. The smallest absolute Gasteiger partial charge is 0.311 e. The number of rotatable bonds is 5. The van der Waals surface area contributed by atoms with E-state index in [0.29, 0.717) is 6.42 Å². The third kappa shape index (κ3) is 2.81. The van der Waals surface area contributed by atoms with E-state index < -0.39 is 4.92 Å². The first-order valence-electron chi connectivity index (χ1n) is 5.46. The van der Waals surface area contributed by atoms with Crippen molar-refractivity contribution in [3.05, 3.63) is 33.4 Å². The van der Waals surface area contributed by atoms with Crippen LogP contribution in [0.3, 0.4) is 0 Å². The van der Waals surface area contributed by atoms with Crippen molar-refractivity contribution in [3.63, 3.8) is 0 Å². The lowest BCUT2D eigenvalue weighted by Gasteiger charge is -2.10. The number of aryl methyl sites for hydroxylation is 1. The number of hydrogen-bond acceptors (Lipinski definition) is 4. The van der Waals surface area contributed by atoms with E-state index in [1.54, 1.807) is 13.0 Å². The Hall–Kier alpha value is -1.91. The maximum atomic E-state index is 11.5. The molecule has 0 spiro atoms. The Kier molecular flexibility index (Phi) is 4.20. The molecule has 92 valence electrons. The van der Waals surface area contributed by atoms with E-state index in [2.05, 4.69) is 0 Å². The largest absolute Gasteiger partial charge is 0.487 e. The summed E-state index contributed by atoms with van der Waals surface area (Å²) in [6, 6.07) is 3.11. The highest BCUT2D eigenvalue weighted by Gasteiger charge is 2.22. The second-order valence-electron chi connectivity index (χ2n) is 3.59. The molecule has 17 heavy (non-hydrogen) atoms. The zero-order chi connectivity index (χ0) is 13.0. The first kappa shape index (κ1) is 13.2. The number of hydrogen-bond donors (Lipinski definition) is 0. The van der Waals surface area contributed by atoms with Gasteiger partial charge in [0, 0.05) is 6.07 Å². The second-order valence-corrected chi connectivity index (χ2v) is 3.59. The summed E-state index contributed by atoms with van der Waals surface area (Å²) in [5.41, 5.74) is 0.889. The summed E-state index contributed by atoms with van der Waals surface area (Å²) in [7, 11) is 0. The molecule has 1 rings (SSSR count). The molecule has 0 unspecified atom stereocenters. The number of nitrogens with zero attached hydrogens (tertiary/aromatic N) is 1. The Morgan fingerprint density at radius 3 is 2.47 bits per heavy atom. The Morgan fingerprint density at radius 1 is 1.41 bits per heavy atom. The zero-order valence-corrected chi connectivity index (χ0v) is 10.1. The molecule has 5 nitrogen and oxygen atoms in total. The van der Waals surface area contributed by atoms with Crippen molar-refractivity contribution in [1.29, 1.82) is 0 Å². The molecule has 5 heteroatoms. The summed E-state index contributed by atoms with van der Waals surface area (Å²) in [6.45, 7) is 5.26. The van der Waals surface area contributed by atoms with Gasteiger partial charge in [-0.05, 0) is 31.9 Å². The van der Waals surface area contributed by atoms with Gasteiger partial charge < -0.3 is 4.74 Å². The lowest BCUT2D eigenvalue weighted by Crippen LogP contribution is -2.05. The molecule has 1 aromatic rings. The van der Waals surface area contributed by atoms with Crippen LogP contribution in [0.1, 0.15) is 36.7 Å². The monoisotopic (exact) mass is 237 g/mol. The number of ether oxygens (including phenoxy) is 1. The minimum atomic E-state index is -0.517. The van der Waals surface area contributed by atoms with Gasteiger partial charge in [0.05, 0.1) is 17.1 Å². The quantitative estimate of drug-likeness (QED) is 0.448. The number of nitro groups is 1. The molecular weight excluding hydrogens is 222 g/mol. The molecule has 0 amide bonds. The maximum absolute atomic E-state index is 11.5. The van der Waals surface area contributed by atoms with Crippen LogP contribution in [-0.4, -0.2) is 17.3 Å². The van der Waals surface area contributed by atoms with Crippen LogP contribution in [0.25, 0.3) is 0 Å². The van der Waals surface area contributed by atoms with Crippen molar-refractivity contribution in [3.8, 4) is 5.75 Å². The molecule has 1 aromatic carbocycles. The van der Waals surface area contributed by atoms with Crippen LogP contribution in [0.2, 0.25) is 0 Å². The number of Topliss-reactive ketones (excluding diaryl/α,β-unsaturated/α-hetero) is 1. The molecular formula is C12H15NO4. The van der Waals surface area contributed by atoms with E-state index in [-0.39, 0.29) is 29.4 Å². The first-order valence-corrected chi connectivity index (χ1v) is 5.46. The molecule has 0 heterocycles. The van der Waals surface area contributed by atoms with Gasteiger partial charge in [-0.3, -0.25) is 14.9 Å². The minimum Gasteiger partial charge on any atom is -0.487 e. The molecule has 0 radical (unpaired) electrons. The molecule has 0 atom stereocenters. The highest BCUT2D eigenvalue weighted by Crippen LogP contribution is 2.33. The first-order chi connectivity index (χ1) is 8.01. The Labute approximate surface area is 99.5 Å². The fourth-order valence-electron chi connectivity index (χ4n) is 1.57. The molecule has 0 saturated carbocycles.